The number of nitrogens with one attached hydrogen (secondary N) is 3. The molecule has 15 heteroatoms. The average molecular weight is 451 g/mol. The molecule has 0 aliphatic heterocycles. The normalized spacial score (nSPS) is 14.5. The van der Waals surface area contributed by atoms with Gasteiger partial charge in [-0.25, -0.2) is 4.79 Å². The van der Waals surface area contributed by atoms with Gasteiger partial charge in [-0.15, -0.1) is 0 Å². The Morgan fingerprint density at radius 3 is 1.80 bits per heavy atom. The predicted octanol–water partition coefficient (Wildman–Crippen LogP) is -4.48. The van der Waals surface area contributed by atoms with E-state index in [0.29, 0.717) is 0 Å². The van der Waals surface area contributed by atoms with Crippen molar-refractivity contribution in [1.29, 1.82) is 0 Å². The molecular formula is C15H25N5O9S. The second kappa shape index (κ2) is 13.3. The first-order chi connectivity index (χ1) is 13.9. The molecule has 170 valence electrons. The summed E-state index contributed by atoms with van der Waals surface area (Å²) in [6.07, 6.45) is -1.46. The summed E-state index contributed by atoms with van der Waals surface area (Å²) in [7, 11) is 0. The lowest BCUT2D eigenvalue weighted by Gasteiger charge is -2.23. The molecule has 0 fully saturated rings. The zero-order chi connectivity index (χ0) is 23.4. The van der Waals surface area contributed by atoms with E-state index in [1.54, 1.807) is 0 Å². The minimum absolute atomic E-state index is 0.291. The van der Waals surface area contributed by atoms with Gasteiger partial charge in [0.25, 0.3) is 0 Å². The first-order valence-corrected chi connectivity index (χ1v) is 9.17. The minimum atomic E-state index is -1.63. The molecule has 30 heavy (non-hydrogen) atoms. The van der Waals surface area contributed by atoms with Crippen LogP contribution in [0.15, 0.2) is 0 Å². The first kappa shape index (κ1) is 27.1. The number of aliphatic hydroxyl groups excluding tert-OH is 1. The van der Waals surface area contributed by atoms with E-state index in [4.69, 9.17) is 26.8 Å². The third kappa shape index (κ3) is 10.0. The molecule has 10 N–H and O–H groups in total. The summed E-state index contributed by atoms with van der Waals surface area (Å²) in [6, 6.07) is -5.90. The van der Waals surface area contributed by atoms with Crippen LogP contribution in [0, 0.1) is 0 Å². The van der Waals surface area contributed by atoms with E-state index < -0.39 is 72.8 Å². The quantitative estimate of drug-likeness (QED) is 0.114. The molecule has 0 aromatic carbocycles. The lowest BCUT2D eigenvalue weighted by Crippen LogP contribution is -2.58. The summed E-state index contributed by atoms with van der Waals surface area (Å²) in [4.78, 5) is 69.3. The summed E-state index contributed by atoms with van der Waals surface area (Å²) in [6.45, 7) is -0.753. The maximum absolute atomic E-state index is 12.3. The standard InChI is InChI=1S/C15H25N5O9S/c16-6(4-21)12(25)19-8(3-11(23)24)13(26)20-9(5-30)14(27)18-7(15(28)29)1-2-10(17)22/h6-9,21,30H,1-5,16H2,(H2,17,22)(H,18,27)(H,19,25)(H,20,26)(H,23,24)(H,28,29). The molecule has 0 spiro atoms. The maximum Gasteiger partial charge on any atom is 0.326 e. The van der Waals surface area contributed by atoms with Crippen LogP contribution < -0.4 is 27.4 Å². The molecule has 0 aliphatic rings. The van der Waals surface area contributed by atoms with E-state index in [1.807, 2.05) is 5.32 Å². The van der Waals surface area contributed by atoms with Crippen molar-refractivity contribution in [3.8, 4) is 0 Å². The molecule has 0 saturated heterocycles. The summed E-state index contributed by atoms with van der Waals surface area (Å²) in [5.41, 5.74) is 10.2. The van der Waals surface area contributed by atoms with Gasteiger partial charge in [0.2, 0.25) is 23.6 Å². The molecule has 14 nitrogen and oxygen atoms in total. The summed E-state index contributed by atoms with van der Waals surface area (Å²) in [5, 5.41) is 33.2. The second-order valence-electron chi connectivity index (χ2n) is 6.10. The van der Waals surface area contributed by atoms with Crippen LogP contribution in [-0.2, 0) is 28.8 Å². The number of rotatable bonds is 14. The van der Waals surface area contributed by atoms with Gasteiger partial charge in [-0.3, -0.25) is 24.0 Å². The van der Waals surface area contributed by atoms with Crippen molar-refractivity contribution >= 4 is 48.2 Å². The Labute approximate surface area is 176 Å². The van der Waals surface area contributed by atoms with E-state index in [-0.39, 0.29) is 18.6 Å². The van der Waals surface area contributed by atoms with Crippen LogP contribution in [0.3, 0.4) is 0 Å². The summed E-state index contributed by atoms with van der Waals surface area (Å²) >= 11 is 3.89. The summed E-state index contributed by atoms with van der Waals surface area (Å²) < 4.78 is 0. The molecule has 0 rings (SSSR count). The van der Waals surface area contributed by atoms with Crippen molar-refractivity contribution in [1.82, 2.24) is 16.0 Å². The van der Waals surface area contributed by atoms with Crippen molar-refractivity contribution in [3.05, 3.63) is 0 Å². The first-order valence-electron chi connectivity index (χ1n) is 8.54. The third-order valence-electron chi connectivity index (χ3n) is 3.65. The van der Waals surface area contributed by atoms with Gasteiger partial charge in [0.05, 0.1) is 13.0 Å². The van der Waals surface area contributed by atoms with Gasteiger partial charge in [-0.05, 0) is 6.42 Å². The Morgan fingerprint density at radius 1 is 0.867 bits per heavy atom. The maximum atomic E-state index is 12.3. The van der Waals surface area contributed by atoms with Gasteiger partial charge < -0.3 is 42.7 Å². The Hall–Kier alpha value is -2.91. The van der Waals surface area contributed by atoms with Crippen molar-refractivity contribution in [2.24, 2.45) is 11.5 Å². The summed E-state index contributed by atoms with van der Waals surface area (Å²) in [5.74, 6) is -7.01. The Kier molecular flexibility index (Phi) is 12.0. The lowest BCUT2D eigenvalue weighted by molar-refractivity contribution is -0.143. The number of thiol groups is 1. The number of carboxylic acids is 2. The number of carboxylic acid groups (broad SMARTS) is 2. The molecule has 0 bridgehead atoms. The van der Waals surface area contributed by atoms with Crippen LogP contribution >= 0.6 is 12.6 Å². The van der Waals surface area contributed by atoms with Crippen LogP contribution in [-0.4, -0.2) is 87.4 Å². The second-order valence-corrected chi connectivity index (χ2v) is 6.46. The lowest BCUT2D eigenvalue weighted by atomic mass is 10.1. The van der Waals surface area contributed by atoms with E-state index >= 15 is 0 Å². The van der Waals surface area contributed by atoms with E-state index in [9.17, 15) is 28.8 Å². The number of aliphatic carboxylic acids is 2. The number of aliphatic hydroxyl groups is 1. The van der Waals surface area contributed by atoms with Gasteiger partial charge in [0, 0.05) is 12.2 Å². The Bertz CT molecular complexity index is 675. The Morgan fingerprint density at radius 2 is 1.37 bits per heavy atom. The van der Waals surface area contributed by atoms with Gasteiger partial charge >= 0.3 is 11.9 Å². The van der Waals surface area contributed by atoms with Crippen LogP contribution in [0.1, 0.15) is 19.3 Å². The largest absolute Gasteiger partial charge is 0.481 e. The average Bonchev–Trinajstić information content (AvgIpc) is 2.66. The molecule has 0 saturated carbocycles. The number of carbonyl (C=O) groups is 6. The van der Waals surface area contributed by atoms with Gasteiger partial charge in [-0.1, -0.05) is 0 Å². The Balaban J connectivity index is 5.20. The van der Waals surface area contributed by atoms with Crippen molar-refractivity contribution in [3.63, 3.8) is 0 Å². The van der Waals surface area contributed by atoms with Gasteiger partial charge in [0.15, 0.2) is 0 Å². The molecule has 0 aliphatic carbocycles. The monoisotopic (exact) mass is 451 g/mol. The molecule has 0 heterocycles. The molecule has 4 amide bonds. The molecule has 0 aromatic rings. The van der Waals surface area contributed by atoms with Crippen LogP contribution in [0.2, 0.25) is 0 Å². The number of carbonyl (C=O) groups excluding carboxylic acids is 4. The van der Waals surface area contributed by atoms with Crippen molar-refractivity contribution < 1.29 is 44.1 Å². The number of nitrogens with two attached hydrogens (primary N) is 2. The fraction of sp³-hybridized carbons (Fsp3) is 0.600. The van der Waals surface area contributed by atoms with E-state index in [1.165, 1.54) is 0 Å². The number of hydrogen-bond acceptors (Lipinski definition) is 9. The number of hydrogen-bond donors (Lipinski definition) is 9. The molecule has 0 radical (unpaired) electrons. The zero-order valence-corrected chi connectivity index (χ0v) is 16.6. The number of amides is 4. The zero-order valence-electron chi connectivity index (χ0n) is 15.7. The predicted molar refractivity (Wildman–Crippen MR) is 103 cm³/mol. The van der Waals surface area contributed by atoms with Crippen LogP contribution in [0.4, 0.5) is 0 Å². The highest BCUT2D eigenvalue weighted by Gasteiger charge is 2.30. The number of primary amides is 1. The third-order valence-corrected chi connectivity index (χ3v) is 4.02. The van der Waals surface area contributed by atoms with Crippen LogP contribution in [0.5, 0.6) is 0 Å². The highest BCUT2D eigenvalue weighted by atomic mass is 32.1. The fourth-order valence-corrected chi connectivity index (χ4v) is 2.29. The van der Waals surface area contributed by atoms with Gasteiger partial charge in [0.1, 0.15) is 24.2 Å². The highest BCUT2D eigenvalue weighted by molar-refractivity contribution is 7.80. The molecule has 4 unspecified atom stereocenters. The van der Waals surface area contributed by atoms with E-state index in [2.05, 4.69) is 23.3 Å². The van der Waals surface area contributed by atoms with Gasteiger partial charge in [-0.2, -0.15) is 12.6 Å². The smallest absolute Gasteiger partial charge is 0.326 e. The minimum Gasteiger partial charge on any atom is -0.481 e. The SMILES string of the molecule is NC(=O)CCC(NC(=O)C(CS)NC(=O)C(CC(=O)O)NC(=O)C(N)CO)C(=O)O. The fourth-order valence-electron chi connectivity index (χ4n) is 2.03. The molecule has 4 atom stereocenters. The highest BCUT2D eigenvalue weighted by Crippen LogP contribution is 2.01. The topological polar surface area (TPSA) is 251 Å². The molecular weight excluding hydrogens is 426 g/mol. The molecule has 0 aromatic heterocycles. The van der Waals surface area contributed by atoms with Crippen LogP contribution in [0.25, 0.3) is 0 Å². The van der Waals surface area contributed by atoms with E-state index in [0.717, 1.165) is 0 Å². The van der Waals surface area contributed by atoms with Crippen molar-refractivity contribution in [2.75, 3.05) is 12.4 Å². The van der Waals surface area contributed by atoms with Crippen molar-refractivity contribution in [2.45, 2.75) is 43.4 Å².